The van der Waals surface area contributed by atoms with Crippen molar-refractivity contribution in [2.24, 2.45) is 5.92 Å². The molecule has 0 amide bonds. The molecule has 1 aliphatic rings. The highest BCUT2D eigenvalue weighted by Crippen LogP contribution is 2.33. The minimum atomic E-state index is -0.444. The number of rotatable bonds is 8. The fourth-order valence-corrected chi connectivity index (χ4v) is 3.23. The first-order valence-corrected chi connectivity index (χ1v) is 8.22. The molecule has 4 nitrogen and oxygen atoms in total. The van der Waals surface area contributed by atoms with Gasteiger partial charge in [-0.2, -0.15) is 0 Å². The van der Waals surface area contributed by atoms with Crippen molar-refractivity contribution < 1.29 is 9.53 Å². The Hall–Kier alpha value is -0.610. The second kappa shape index (κ2) is 8.63. The maximum absolute atomic E-state index is 12.4. The standard InChI is InChI=1S/C16H32N2O2/c1-5-18(6-2)12-11-17-16(15(19)20-7-3)10-8-9-14(4)13-16/h14,17H,5-13H2,1-4H3. The van der Waals surface area contributed by atoms with E-state index in [0.717, 1.165) is 45.4 Å². The van der Waals surface area contributed by atoms with Gasteiger partial charge in [0, 0.05) is 13.1 Å². The molecule has 1 N–H and O–H groups in total. The third-order valence-corrected chi connectivity index (χ3v) is 4.45. The lowest BCUT2D eigenvalue weighted by Crippen LogP contribution is -2.57. The number of nitrogens with one attached hydrogen (secondary N) is 1. The maximum Gasteiger partial charge on any atom is 0.326 e. The van der Waals surface area contributed by atoms with Gasteiger partial charge < -0.3 is 15.0 Å². The zero-order chi connectivity index (χ0) is 15.0. The summed E-state index contributed by atoms with van der Waals surface area (Å²) in [4.78, 5) is 14.8. The number of likely N-dealkylation sites (N-methyl/N-ethyl adjacent to an activating group) is 1. The first kappa shape index (κ1) is 17.4. The molecule has 2 unspecified atom stereocenters. The molecule has 0 heterocycles. The van der Waals surface area contributed by atoms with Crippen molar-refractivity contribution in [2.45, 2.75) is 58.9 Å². The van der Waals surface area contributed by atoms with Crippen LogP contribution >= 0.6 is 0 Å². The molecule has 1 saturated carbocycles. The summed E-state index contributed by atoms with van der Waals surface area (Å²) in [5, 5.41) is 3.53. The number of ether oxygens (including phenoxy) is 1. The van der Waals surface area contributed by atoms with Crippen molar-refractivity contribution in [1.82, 2.24) is 10.2 Å². The van der Waals surface area contributed by atoms with Crippen LogP contribution in [0.3, 0.4) is 0 Å². The highest BCUT2D eigenvalue weighted by molar-refractivity contribution is 5.81. The topological polar surface area (TPSA) is 41.6 Å². The summed E-state index contributed by atoms with van der Waals surface area (Å²) in [6.45, 7) is 12.9. The highest BCUT2D eigenvalue weighted by atomic mass is 16.5. The Balaban J connectivity index is 2.61. The summed E-state index contributed by atoms with van der Waals surface area (Å²) >= 11 is 0. The van der Waals surface area contributed by atoms with Gasteiger partial charge in [-0.1, -0.05) is 33.6 Å². The van der Waals surface area contributed by atoms with E-state index in [-0.39, 0.29) is 5.97 Å². The second-order valence-electron chi connectivity index (χ2n) is 5.96. The van der Waals surface area contributed by atoms with Crippen molar-refractivity contribution in [3.8, 4) is 0 Å². The van der Waals surface area contributed by atoms with Crippen LogP contribution in [0.4, 0.5) is 0 Å². The van der Waals surface area contributed by atoms with Crippen LogP contribution in [-0.4, -0.2) is 49.2 Å². The number of carbonyl (C=O) groups is 1. The van der Waals surface area contributed by atoms with Gasteiger partial charge in [-0.05, 0) is 38.8 Å². The van der Waals surface area contributed by atoms with Gasteiger partial charge in [-0.3, -0.25) is 4.79 Å². The van der Waals surface area contributed by atoms with Crippen LogP contribution in [0.15, 0.2) is 0 Å². The van der Waals surface area contributed by atoms with Crippen LogP contribution in [0, 0.1) is 5.92 Å². The molecule has 1 aliphatic carbocycles. The van der Waals surface area contributed by atoms with E-state index in [1.165, 1.54) is 6.42 Å². The number of esters is 1. The fourth-order valence-electron chi connectivity index (χ4n) is 3.23. The zero-order valence-corrected chi connectivity index (χ0v) is 13.7. The number of nitrogens with zero attached hydrogens (tertiary/aromatic N) is 1. The first-order valence-electron chi connectivity index (χ1n) is 8.22. The molecule has 4 heteroatoms. The highest BCUT2D eigenvalue weighted by Gasteiger charge is 2.42. The predicted octanol–water partition coefficient (Wildman–Crippen LogP) is 2.43. The predicted molar refractivity (Wildman–Crippen MR) is 82.8 cm³/mol. The van der Waals surface area contributed by atoms with Gasteiger partial charge in [-0.15, -0.1) is 0 Å². The molecule has 2 atom stereocenters. The molecule has 0 aromatic rings. The van der Waals surface area contributed by atoms with Crippen LogP contribution in [0.1, 0.15) is 53.4 Å². The van der Waals surface area contributed by atoms with Gasteiger partial charge in [0.1, 0.15) is 5.54 Å². The minimum absolute atomic E-state index is 0.0499. The van der Waals surface area contributed by atoms with Crippen LogP contribution in [0.25, 0.3) is 0 Å². The lowest BCUT2D eigenvalue weighted by Gasteiger charge is -2.39. The molecule has 0 bridgehead atoms. The van der Waals surface area contributed by atoms with Gasteiger partial charge in [0.05, 0.1) is 6.61 Å². The van der Waals surface area contributed by atoms with E-state index in [9.17, 15) is 4.79 Å². The molecule has 0 spiro atoms. The molecule has 118 valence electrons. The van der Waals surface area contributed by atoms with Gasteiger partial charge in [0.25, 0.3) is 0 Å². The molecule has 0 saturated heterocycles. The molecular formula is C16H32N2O2. The lowest BCUT2D eigenvalue weighted by atomic mass is 9.76. The van der Waals surface area contributed by atoms with Crippen LogP contribution in [0.5, 0.6) is 0 Å². The van der Waals surface area contributed by atoms with E-state index < -0.39 is 5.54 Å². The summed E-state index contributed by atoms with van der Waals surface area (Å²) in [5.41, 5.74) is -0.444. The van der Waals surface area contributed by atoms with Crippen LogP contribution in [0.2, 0.25) is 0 Å². The molecule has 1 rings (SSSR count). The summed E-state index contributed by atoms with van der Waals surface area (Å²) in [6.07, 6.45) is 4.15. The number of hydrogen-bond acceptors (Lipinski definition) is 4. The summed E-state index contributed by atoms with van der Waals surface area (Å²) in [6, 6.07) is 0. The first-order chi connectivity index (χ1) is 9.57. The molecule has 0 aromatic heterocycles. The smallest absolute Gasteiger partial charge is 0.326 e. The molecule has 1 fully saturated rings. The van der Waals surface area contributed by atoms with Crippen molar-refractivity contribution in [1.29, 1.82) is 0 Å². The molecular weight excluding hydrogens is 252 g/mol. The maximum atomic E-state index is 12.4. The number of hydrogen-bond donors (Lipinski definition) is 1. The van der Waals surface area contributed by atoms with E-state index in [4.69, 9.17) is 4.74 Å². The van der Waals surface area contributed by atoms with Gasteiger partial charge in [-0.25, -0.2) is 0 Å². The van der Waals surface area contributed by atoms with E-state index in [0.29, 0.717) is 12.5 Å². The average Bonchev–Trinajstić information content (AvgIpc) is 2.44. The largest absolute Gasteiger partial charge is 0.465 e. The van der Waals surface area contributed by atoms with E-state index >= 15 is 0 Å². The second-order valence-corrected chi connectivity index (χ2v) is 5.96. The van der Waals surface area contributed by atoms with Crippen molar-refractivity contribution in [3.05, 3.63) is 0 Å². The Morgan fingerprint density at radius 3 is 2.60 bits per heavy atom. The third-order valence-electron chi connectivity index (χ3n) is 4.45. The van der Waals surface area contributed by atoms with Crippen molar-refractivity contribution in [3.63, 3.8) is 0 Å². The van der Waals surface area contributed by atoms with Gasteiger partial charge in [0.2, 0.25) is 0 Å². The molecule has 0 aromatic carbocycles. The van der Waals surface area contributed by atoms with Crippen LogP contribution in [-0.2, 0) is 9.53 Å². The molecule has 0 aliphatic heterocycles. The Morgan fingerprint density at radius 2 is 2.05 bits per heavy atom. The summed E-state index contributed by atoms with van der Waals surface area (Å²) in [7, 11) is 0. The quantitative estimate of drug-likeness (QED) is 0.695. The lowest BCUT2D eigenvalue weighted by molar-refractivity contribution is -0.153. The molecule has 20 heavy (non-hydrogen) atoms. The SMILES string of the molecule is CCOC(=O)C1(NCCN(CC)CC)CCCC(C)C1. The Morgan fingerprint density at radius 1 is 1.35 bits per heavy atom. The van der Waals surface area contributed by atoms with Crippen molar-refractivity contribution >= 4 is 5.97 Å². The Kier molecular flexibility index (Phi) is 7.52. The van der Waals surface area contributed by atoms with E-state index in [2.05, 4.69) is 31.0 Å². The minimum Gasteiger partial charge on any atom is -0.465 e. The van der Waals surface area contributed by atoms with Crippen molar-refractivity contribution in [2.75, 3.05) is 32.8 Å². The van der Waals surface area contributed by atoms with Gasteiger partial charge in [0.15, 0.2) is 0 Å². The zero-order valence-electron chi connectivity index (χ0n) is 13.7. The number of carbonyl (C=O) groups excluding carboxylic acids is 1. The summed E-state index contributed by atoms with van der Waals surface area (Å²) < 4.78 is 5.33. The summed E-state index contributed by atoms with van der Waals surface area (Å²) in [5.74, 6) is 0.542. The van der Waals surface area contributed by atoms with Gasteiger partial charge >= 0.3 is 5.97 Å². The van der Waals surface area contributed by atoms with E-state index in [1.807, 2.05) is 6.92 Å². The van der Waals surface area contributed by atoms with Crippen LogP contribution < -0.4 is 5.32 Å². The normalized spacial score (nSPS) is 26.8. The fraction of sp³-hybridized carbons (Fsp3) is 0.938. The average molecular weight is 284 g/mol. The Labute approximate surface area is 124 Å². The Bertz CT molecular complexity index is 292. The third kappa shape index (κ3) is 4.74. The van der Waals surface area contributed by atoms with E-state index in [1.54, 1.807) is 0 Å². The molecule has 0 radical (unpaired) electrons. The monoisotopic (exact) mass is 284 g/mol.